The van der Waals surface area contributed by atoms with Crippen molar-refractivity contribution in [3.05, 3.63) is 23.5 Å². The highest BCUT2D eigenvalue weighted by Crippen LogP contribution is 2.20. The Morgan fingerprint density at radius 1 is 1.29 bits per heavy atom. The third-order valence-electron chi connectivity index (χ3n) is 4.52. The van der Waals surface area contributed by atoms with Crippen LogP contribution in [0, 0.1) is 6.92 Å². The average Bonchev–Trinajstić information content (AvgIpc) is 2.96. The minimum absolute atomic E-state index is 0.721. The number of hydrogen-bond donors (Lipinski definition) is 1. The first-order chi connectivity index (χ1) is 10.2. The lowest BCUT2D eigenvalue weighted by atomic mass is 10.2. The number of hydrogen-bond acceptors (Lipinski definition) is 5. The van der Waals surface area contributed by atoms with Gasteiger partial charge in [0.05, 0.1) is 12.8 Å². The summed E-state index contributed by atoms with van der Waals surface area (Å²) in [5, 5.41) is 3.43. The van der Waals surface area contributed by atoms with Crippen LogP contribution < -0.4 is 10.1 Å². The van der Waals surface area contributed by atoms with E-state index in [-0.39, 0.29) is 0 Å². The van der Waals surface area contributed by atoms with E-state index in [0.29, 0.717) is 0 Å². The molecule has 0 spiro atoms. The zero-order chi connectivity index (χ0) is 14.7. The maximum absolute atomic E-state index is 5.34. The van der Waals surface area contributed by atoms with Crippen LogP contribution in [0.15, 0.2) is 12.1 Å². The molecule has 5 nitrogen and oxygen atoms in total. The van der Waals surface area contributed by atoms with Gasteiger partial charge in [0.25, 0.3) is 0 Å². The molecule has 1 N–H and O–H groups in total. The second kappa shape index (κ2) is 6.73. The number of ether oxygens (including phenoxy) is 1. The van der Waals surface area contributed by atoms with Gasteiger partial charge in [-0.15, -0.1) is 0 Å². The molecule has 0 bridgehead atoms. The lowest BCUT2D eigenvalue weighted by Gasteiger charge is -2.32. The summed E-state index contributed by atoms with van der Waals surface area (Å²) < 4.78 is 5.34. The number of nitrogens with one attached hydrogen (secondary N) is 1. The van der Waals surface area contributed by atoms with Crippen LogP contribution in [0.3, 0.4) is 0 Å². The van der Waals surface area contributed by atoms with Crippen molar-refractivity contribution < 1.29 is 4.74 Å². The van der Waals surface area contributed by atoms with Gasteiger partial charge in [0.15, 0.2) is 0 Å². The van der Waals surface area contributed by atoms with Crippen molar-refractivity contribution in [1.82, 2.24) is 20.1 Å². The zero-order valence-electron chi connectivity index (χ0n) is 13.1. The van der Waals surface area contributed by atoms with Gasteiger partial charge in [0.1, 0.15) is 5.75 Å². The molecule has 2 saturated heterocycles. The summed E-state index contributed by atoms with van der Waals surface area (Å²) in [4.78, 5) is 9.80. The summed E-state index contributed by atoms with van der Waals surface area (Å²) in [7, 11) is 1.72. The number of rotatable bonds is 4. The summed E-state index contributed by atoms with van der Waals surface area (Å²) >= 11 is 0. The van der Waals surface area contributed by atoms with Gasteiger partial charge in [-0.05, 0) is 13.3 Å². The van der Waals surface area contributed by atoms with E-state index in [0.717, 1.165) is 49.4 Å². The molecular formula is C16H26N4O. The minimum Gasteiger partial charge on any atom is -0.497 e. The highest BCUT2D eigenvalue weighted by Gasteiger charge is 2.28. The van der Waals surface area contributed by atoms with E-state index in [4.69, 9.17) is 4.74 Å². The van der Waals surface area contributed by atoms with E-state index >= 15 is 0 Å². The fourth-order valence-corrected chi connectivity index (χ4v) is 3.43. The van der Waals surface area contributed by atoms with Gasteiger partial charge in [-0.25, -0.2) is 0 Å². The van der Waals surface area contributed by atoms with Crippen LogP contribution in [-0.4, -0.2) is 67.2 Å². The molecule has 5 heteroatoms. The van der Waals surface area contributed by atoms with Gasteiger partial charge in [-0.2, -0.15) is 0 Å². The van der Waals surface area contributed by atoms with Crippen molar-refractivity contribution in [2.45, 2.75) is 25.9 Å². The number of likely N-dealkylation sites (tertiary alicyclic amines) is 1. The summed E-state index contributed by atoms with van der Waals surface area (Å²) in [6.07, 6.45) is 1.28. The van der Waals surface area contributed by atoms with Crippen molar-refractivity contribution >= 4 is 0 Å². The predicted octanol–water partition coefficient (Wildman–Crippen LogP) is 0.878. The summed E-state index contributed by atoms with van der Waals surface area (Å²) in [5.74, 6) is 0.912. The smallest absolute Gasteiger partial charge is 0.122 e. The Kier molecular flexibility index (Phi) is 4.73. The summed E-state index contributed by atoms with van der Waals surface area (Å²) in [5.41, 5.74) is 2.15. The predicted molar refractivity (Wildman–Crippen MR) is 83.7 cm³/mol. The third kappa shape index (κ3) is 3.73. The van der Waals surface area contributed by atoms with Gasteiger partial charge < -0.3 is 10.1 Å². The first-order valence-electron chi connectivity index (χ1n) is 7.93. The highest BCUT2D eigenvalue weighted by molar-refractivity contribution is 5.26. The molecule has 116 valence electrons. The second-order valence-corrected chi connectivity index (χ2v) is 6.10. The molecule has 3 rings (SSSR count). The Morgan fingerprint density at radius 2 is 2.10 bits per heavy atom. The SMILES string of the molecule is COc1cc(C)nc(CN2CCC(N3CCNCC3)C2)c1. The van der Waals surface area contributed by atoms with E-state index in [9.17, 15) is 0 Å². The average molecular weight is 290 g/mol. The lowest BCUT2D eigenvalue weighted by Crippen LogP contribution is -2.49. The van der Waals surface area contributed by atoms with E-state index in [1.807, 2.05) is 13.0 Å². The van der Waals surface area contributed by atoms with E-state index in [2.05, 4.69) is 26.2 Å². The maximum atomic E-state index is 5.34. The number of aryl methyl sites for hydroxylation is 1. The quantitative estimate of drug-likeness (QED) is 0.891. The minimum atomic E-state index is 0.721. The number of aromatic nitrogens is 1. The molecule has 1 aromatic heterocycles. The van der Waals surface area contributed by atoms with Crippen molar-refractivity contribution in [2.24, 2.45) is 0 Å². The second-order valence-electron chi connectivity index (χ2n) is 6.10. The fraction of sp³-hybridized carbons (Fsp3) is 0.688. The molecule has 0 saturated carbocycles. The monoisotopic (exact) mass is 290 g/mol. The molecular weight excluding hydrogens is 264 g/mol. The van der Waals surface area contributed by atoms with Crippen LogP contribution in [0.25, 0.3) is 0 Å². The van der Waals surface area contributed by atoms with E-state index in [1.165, 1.54) is 26.1 Å². The molecule has 0 radical (unpaired) electrons. The number of nitrogens with zero attached hydrogens (tertiary/aromatic N) is 3. The van der Waals surface area contributed by atoms with E-state index < -0.39 is 0 Å². The number of pyridine rings is 1. The zero-order valence-corrected chi connectivity index (χ0v) is 13.1. The Labute approximate surface area is 127 Å². The first-order valence-corrected chi connectivity index (χ1v) is 7.93. The van der Waals surface area contributed by atoms with Crippen molar-refractivity contribution in [1.29, 1.82) is 0 Å². The Morgan fingerprint density at radius 3 is 2.86 bits per heavy atom. The van der Waals surface area contributed by atoms with Crippen molar-refractivity contribution in [2.75, 3.05) is 46.4 Å². The highest BCUT2D eigenvalue weighted by atomic mass is 16.5. The van der Waals surface area contributed by atoms with Gasteiger partial charge in [0.2, 0.25) is 0 Å². The summed E-state index contributed by atoms with van der Waals surface area (Å²) in [6, 6.07) is 4.76. The van der Waals surface area contributed by atoms with Crippen molar-refractivity contribution in [3.8, 4) is 5.75 Å². The standard InChI is InChI=1S/C16H26N4O/c1-13-9-16(21-2)10-14(18-13)11-19-6-3-15(12-19)20-7-4-17-5-8-20/h9-10,15,17H,3-8,11-12H2,1-2H3. The maximum Gasteiger partial charge on any atom is 0.122 e. The normalized spacial score (nSPS) is 24.4. The van der Waals surface area contributed by atoms with Crippen LogP contribution in [0.1, 0.15) is 17.8 Å². The molecule has 0 aliphatic carbocycles. The molecule has 0 aromatic carbocycles. The van der Waals surface area contributed by atoms with E-state index in [1.54, 1.807) is 7.11 Å². The molecule has 1 aromatic rings. The molecule has 1 atom stereocenters. The van der Waals surface area contributed by atoms with Gasteiger partial charge in [-0.1, -0.05) is 0 Å². The van der Waals surface area contributed by atoms with Crippen LogP contribution in [0.4, 0.5) is 0 Å². The number of methoxy groups -OCH3 is 1. The molecule has 2 aliphatic rings. The summed E-state index contributed by atoms with van der Waals surface area (Å²) in [6.45, 7) is 9.94. The van der Waals surface area contributed by atoms with Gasteiger partial charge in [-0.3, -0.25) is 14.8 Å². The Hall–Kier alpha value is -1.17. The molecule has 1 unspecified atom stereocenters. The topological polar surface area (TPSA) is 40.6 Å². The molecule has 0 amide bonds. The molecule has 3 heterocycles. The fourth-order valence-electron chi connectivity index (χ4n) is 3.43. The largest absolute Gasteiger partial charge is 0.497 e. The molecule has 2 fully saturated rings. The Balaban J connectivity index is 1.58. The molecule has 21 heavy (non-hydrogen) atoms. The lowest BCUT2D eigenvalue weighted by molar-refractivity contribution is 0.170. The third-order valence-corrected chi connectivity index (χ3v) is 4.52. The number of piperazine rings is 1. The van der Waals surface area contributed by atoms with Crippen LogP contribution >= 0.6 is 0 Å². The first kappa shape index (κ1) is 14.8. The van der Waals surface area contributed by atoms with Crippen molar-refractivity contribution in [3.63, 3.8) is 0 Å². The van der Waals surface area contributed by atoms with Crippen LogP contribution in [-0.2, 0) is 6.54 Å². The van der Waals surface area contributed by atoms with Crippen LogP contribution in [0.5, 0.6) is 5.75 Å². The Bertz CT molecular complexity index is 473. The molecule has 2 aliphatic heterocycles. The van der Waals surface area contributed by atoms with Gasteiger partial charge >= 0.3 is 0 Å². The van der Waals surface area contributed by atoms with Gasteiger partial charge in [0, 0.05) is 69.7 Å². The van der Waals surface area contributed by atoms with Crippen LogP contribution in [0.2, 0.25) is 0 Å².